The Hall–Kier alpha value is -3.07. The highest BCUT2D eigenvalue weighted by Gasteiger charge is 2.27. The number of alkyl halides is 2. The van der Waals surface area contributed by atoms with E-state index in [2.05, 4.69) is 30.2 Å². The van der Waals surface area contributed by atoms with Crippen molar-refractivity contribution in [3.63, 3.8) is 0 Å². The first-order chi connectivity index (χ1) is 16.7. The minimum absolute atomic E-state index is 0.114. The summed E-state index contributed by atoms with van der Waals surface area (Å²) in [6.45, 7) is 2.49. The largest absolute Gasteiger partial charge is 0.367 e. The summed E-state index contributed by atoms with van der Waals surface area (Å²) in [6.07, 6.45) is 12.5. The van der Waals surface area contributed by atoms with E-state index < -0.39 is 6.43 Å². The fourth-order valence-corrected chi connectivity index (χ4v) is 5.68. The third kappa shape index (κ3) is 3.91. The van der Waals surface area contributed by atoms with Crippen LogP contribution in [0.2, 0.25) is 0 Å². The number of anilines is 1. The molecule has 178 valence electrons. The standard InChI is InChI=1S/C25H29F2N7/c26-23(27)20-13-28-21-9-4-16(14-34(20)21)19-12-29-24-22(19)25(31-15-30-24)32-17-5-7-18(8-6-17)33-10-2-1-3-11-33/h4,9,12-15,17-18,23H,1-3,5-8,10-11H2,(H2,29,30,31,32). The van der Waals surface area contributed by atoms with Gasteiger partial charge in [0.05, 0.1) is 11.6 Å². The van der Waals surface area contributed by atoms with E-state index in [0.717, 1.165) is 40.8 Å². The molecule has 4 aromatic heterocycles. The number of piperidine rings is 1. The Kier molecular flexibility index (Phi) is 5.64. The van der Waals surface area contributed by atoms with Gasteiger partial charge in [0.2, 0.25) is 0 Å². The highest BCUT2D eigenvalue weighted by molar-refractivity contribution is 6.00. The number of rotatable bonds is 5. The molecule has 7 nitrogen and oxygen atoms in total. The van der Waals surface area contributed by atoms with Gasteiger partial charge in [-0.1, -0.05) is 6.42 Å². The van der Waals surface area contributed by atoms with Gasteiger partial charge in [0, 0.05) is 35.6 Å². The zero-order valence-corrected chi connectivity index (χ0v) is 19.1. The number of aromatic amines is 1. The van der Waals surface area contributed by atoms with Gasteiger partial charge in [-0.2, -0.15) is 0 Å². The van der Waals surface area contributed by atoms with Crippen molar-refractivity contribution in [3.8, 4) is 11.1 Å². The number of hydrogen-bond donors (Lipinski definition) is 2. The predicted octanol–water partition coefficient (Wildman–Crippen LogP) is 5.42. The molecule has 2 N–H and O–H groups in total. The minimum atomic E-state index is -2.59. The Bertz CT molecular complexity index is 1280. The number of imidazole rings is 1. The molecule has 0 aromatic carbocycles. The Labute approximate surface area is 196 Å². The van der Waals surface area contributed by atoms with Crippen molar-refractivity contribution in [2.45, 2.75) is 63.5 Å². The van der Waals surface area contributed by atoms with E-state index in [1.54, 1.807) is 18.6 Å². The molecule has 4 aromatic rings. The molecule has 1 saturated carbocycles. The maximum atomic E-state index is 13.4. The Balaban J connectivity index is 1.26. The normalized spacial score (nSPS) is 22.1. The van der Waals surface area contributed by atoms with Gasteiger partial charge in [-0.25, -0.2) is 23.7 Å². The lowest BCUT2D eigenvalue weighted by molar-refractivity contribution is 0.127. The smallest absolute Gasteiger partial charge is 0.280 e. The van der Waals surface area contributed by atoms with Crippen molar-refractivity contribution in [2.24, 2.45) is 0 Å². The van der Waals surface area contributed by atoms with E-state index in [1.807, 2.05) is 12.3 Å². The van der Waals surface area contributed by atoms with Crippen LogP contribution in [0.1, 0.15) is 57.1 Å². The molecule has 1 aliphatic carbocycles. The van der Waals surface area contributed by atoms with Crippen LogP contribution >= 0.6 is 0 Å². The number of nitrogens with one attached hydrogen (secondary N) is 2. The molecule has 0 unspecified atom stereocenters. The minimum Gasteiger partial charge on any atom is -0.367 e. The van der Waals surface area contributed by atoms with Gasteiger partial charge in [-0.05, 0) is 63.7 Å². The van der Waals surface area contributed by atoms with Crippen molar-refractivity contribution in [3.05, 3.63) is 42.7 Å². The average Bonchev–Trinajstić information content (AvgIpc) is 3.50. The number of fused-ring (bicyclic) bond motifs is 2. The van der Waals surface area contributed by atoms with Crippen molar-refractivity contribution >= 4 is 22.5 Å². The summed E-state index contributed by atoms with van der Waals surface area (Å²) in [5.74, 6) is 0.794. The zero-order chi connectivity index (χ0) is 23.1. The van der Waals surface area contributed by atoms with Gasteiger partial charge in [0.25, 0.3) is 6.43 Å². The molecule has 2 fully saturated rings. The summed E-state index contributed by atoms with van der Waals surface area (Å²) in [5, 5.41) is 4.56. The van der Waals surface area contributed by atoms with Gasteiger partial charge in [-0.15, -0.1) is 0 Å². The summed E-state index contributed by atoms with van der Waals surface area (Å²) in [4.78, 5) is 19.0. The van der Waals surface area contributed by atoms with E-state index in [9.17, 15) is 8.78 Å². The number of likely N-dealkylation sites (tertiary alicyclic amines) is 1. The molecular formula is C25H29F2N7. The third-order valence-corrected chi connectivity index (χ3v) is 7.48. The van der Waals surface area contributed by atoms with Crippen LogP contribution in [0.3, 0.4) is 0 Å². The summed E-state index contributed by atoms with van der Waals surface area (Å²) >= 11 is 0. The molecule has 0 bridgehead atoms. The molecule has 1 saturated heterocycles. The number of aromatic nitrogens is 5. The van der Waals surface area contributed by atoms with Crippen LogP contribution in [0.15, 0.2) is 37.1 Å². The second kappa shape index (κ2) is 8.94. The third-order valence-electron chi connectivity index (χ3n) is 7.48. The van der Waals surface area contributed by atoms with Gasteiger partial charge in [0.1, 0.15) is 29.1 Å². The molecule has 0 amide bonds. The van der Waals surface area contributed by atoms with Crippen molar-refractivity contribution < 1.29 is 8.78 Å². The first-order valence-electron chi connectivity index (χ1n) is 12.3. The highest BCUT2D eigenvalue weighted by Crippen LogP contribution is 2.35. The summed E-state index contributed by atoms with van der Waals surface area (Å²) in [5.41, 5.74) is 2.81. The second-order valence-corrected chi connectivity index (χ2v) is 9.52. The van der Waals surface area contributed by atoms with Crippen LogP contribution in [0.25, 0.3) is 27.8 Å². The lowest BCUT2D eigenvalue weighted by atomic mass is 9.89. The molecule has 9 heteroatoms. The van der Waals surface area contributed by atoms with Gasteiger partial charge >= 0.3 is 0 Å². The van der Waals surface area contributed by atoms with Gasteiger partial charge < -0.3 is 15.2 Å². The summed E-state index contributed by atoms with van der Waals surface area (Å²) in [7, 11) is 0. The van der Waals surface area contributed by atoms with Crippen LogP contribution in [0.4, 0.5) is 14.6 Å². The fraction of sp³-hybridized carbons (Fsp3) is 0.480. The Morgan fingerprint density at radius 1 is 1.00 bits per heavy atom. The SMILES string of the molecule is FC(F)c1cnc2ccc(-c3c[nH]c4ncnc(NC5CCC(N6CCCCC6)CC5)c34)cn12. The highest BCUT2D eigenvalue weighted by atomic mass is 19.3. The molecule has 5 heterocycles. The lowest BCUT2D eigenvalue weighted by Gasteiger charge is -2.39. The molecule has 2 aliphatic rings. The lowest BCUT2D eigenvalue weighted by Crippen LogP contribution is -2.43. The van der Waals surface area contributed by atoms with E-state index in [-0.39, 0.29) is 5.69 Å². The zero-order valence-electron chi connectivity index (χ0n) is 19.1. The Morgan fingerprint density at radius 2 is 1.82 bits per heavy atom. The fourth-order valence-electron chi connectivity index (χ4n) is 5.68. The second-order valence-electron chi connectivity index (χ2n) is 9.52. The van der Waals surface area contributed by atoms with Crippen LogP contribution in [0.5, 0.6) is 0 Å². The monoisotopic (exact) mass is 465 g/mol. The summed E-state index contributed by atoms with van der Waals surface area (Å²) in [6, 6.07) is 4.74. The topological polar surface area (TPSA) is 74.1 Å². The molecule has 1 aliphatic heterocycles. The first-order valence-corrected chi connectivity index (χ1v) is 12.3. The van der Waals surface area contributed by atoms with Crippen molar-refractivity contribution in [2.75, 3.05) is 18.4 Å². The number of H-pyrrole nitrogens is 1. The van der Waals surface area contributed by atoms with E-state index in [0.29, 0.717) is 17.7 Å². The van der Waals surface area contributed by atoms with Gasteiger partial charge in [-0.3, -0.25) is 4.40 Å². The van der Waals surface area contributed by atoms with E-state index >= 15 is 0 Å². The maximum absolute atomic E-state index is 13.4. The molecule has 34 heavy (non-hydrogen) atoms. The predicted molar refractivity (Wildman–Crippen MR) is 128 cm³/mol. The average molecular weight is 466 g/mol. The van der Waals surface area contributed by atoms with Crippen molar-refractivity contribution in [1.29, 1.82) is 0 Å². The van der Waals surface area contributed by atoms with Crippen LogP contribution in [-0.4, -0.2) is 54.4 Å². The molecular weight excluding hydrogens is 436 g/mol. The van der Waals surface area contributed by atoms with E-state index in [4.69, 9.17) is 0 Å². The van der Waals surface area contributed by atoms with Crippen LogP contribution in [-0.2, 0) is 0 Å². The van der Waals surface area contributed by atoms with Crippen LogP contribution in [0, 0.1) is 0 Å². The number of pyridine rings is 1. The number of halogens is 2. The molecule has 6 rings (SSSR count). The van der Waals surface area contributed by atoms with E-state index in [1.165, 1.54) is 55.8 Å². The van der Waals surface area contributed by atoms with Crippen LogP contribution < -0.4 is 5.32 Å². The maximum Gasteiger partial charge on any atom is 0.280 e. The quantitative estimate of drug-likeness (QED) is 0.412. The summed E-state index contributed by atoms with van der Waals surface area (Å²) < 4.78 is 28.3. The number of hydrogen-bond acceptors (Lipinski definition) is 5. The first kappa shape index (κ1) is 21.5. The molecule has 0 spiro atoms. The van der Waals surface area contributed by atoms with Gasteiger partial charge in [0.15, 0.2) is 0 Å². The molecule has 0 atom stereocenters. The Morgan fingerprint density at radius 3 is 2.62 bits per heavy atom. The van der Waals surface area contributed by atoms with Crippen molar-refractivity contribution in [1.82, 2.24) is 29.2 Å². The number of nitrogens with zero attached hydrogens (tertiary/aromatic N) is 5. The molecule has 0 radical (unpaired) electrons.